The van der Waals surface area contributed by atoms with Gasteiger partial charge in [-0.05, 0) is 71.1 Å². The standard InChI is InChI=1S/C31H44F2N4O4/c1-6-8-12-25(36-14-9-10-15-36)29(22(7-2)19-34)21(3)40-28-18-27(41-31(32)33)23(17-24(28)35-4)20-37-16-11-13-26(37)30(38)39-5/h8,12,17-18,21,25-26,31,35H,6-7,9-11,13-16,20H2,1-5H3/b12-8-,29-22+/t21-,25?,26-/m0/s1. The number of methoxy groups -OCH3 is 1. The van der Waals surface area contributed by atoms with Gasteiger partial charge in [-0.2, -0.15) is 14.0 Å². The first-order chi connectivity index (χ1) is 19.8. The van der Waals surface area contributed by atoms with Crippen LogP contribution >= 0.6 is 0 Å². The number of ether oxygens (including phenoxy) is 3. The predicted molar refractivity (Wildman–Crippen MR) is 155 cm³/mol. The zero-order chi connectivity index (χ0) is 29.9. The molecule has 2 heterocycles. The molecule has 0 radical (unpaired) electrons. The van der Waals surface area contributed by atoms with Crippen molar-refractivity contribution < 1.29 is 27.8 Å². The molecule has 0 amide bonds. The Balaban J connectivity index is 2.00. The summed E-state index contributed by atoms with van der Waals surface area (Å²) in [4.78, 5) is 16.6. The van der Waals surface area contributed by atoms with E-state index >= 15 is 0 Å². The summed E-state index contributed by atoms with van der Waals surface area (Å²) >= 11 is 0. The van der Waals surface area contributed by atoms with Crippen LogP contribution in [0.2, 0.25) is 0 Å². The van der Waals surface area contributed by atoms with Gasteiger partial charge >= 0.3 is 12.6 Å². The molecule has 0 spiro atoms. The molecule has 2 aliphatic rings. The Hall–Kier alpha value is -3.16. The van der Waals surface area contributed by atoms with Crippen LogP contribution in [0.4, 0.5) is 14.5 Å². The van der Waals surface area contributed by atoms with E-state index in [1.807, 2.05) is 18.7 Å². The van der Waals surface area contributed by atoms with Crippen LogP contribution in [0.3, 0.4) is 0 Å². The lowest BCUT2D eigenvalue weighted by atomic mass is 9.93. The first kappa shape index (κ1) is 32.4. The second-order valence-corrected chi connectivity index (χ2v) is 10.4. The van der Waals surface area contributed by atoms with E-state index in [0.29, 0.717) is 42.0 Å². The molecular weight excluding hydrogens is 530 g/mol. The Bertz CT molecular complexity index is 1130. The number of likely N-dealkylation sites (tertiary alicyclic amines) is 2. The fourth-order valence-corrected chi connectivity index (χ4v) is 5.84. The SMILES string of the molecule is CC/C=C\C(/C(=C(/C#N)CC)[C@H](C)Oc1cc(OC(F)F)c(CN2CCC[C@H]2C(=O)OC)cc1NC)N1CCCC1. The Morgan fingerprint density at radius 2 is 1.90 bits per heavy atom. The number of benzene rings is 1. The molecular formula is C31H44F2N4O4. The van der Waals surface area contributed by atoms with Crippen LogP contribution in [0.5, 0.6) is 11.5 Å². The number of hydrogen-bond acceptors (Lipinski definition) is 8. The first-order valence-corrected chi connectivity index (χ1v) is 14.6. The van der Waals surface area contributed by atoms with Crippen LogP contribution in [0.15, 0.2) is 35.4 Å². The van der Waals surface area contributed by atoms with Gasteiger partial charge in [-0.25, -0.2) is 0 Å². The Kier molecular flexibility index (Phi) is 12.4. The molecule has 1 N–H and O–H groups in total. The van der Waals surface area contributed by atoms with Gasteiger partial charge < -0.3 is 19.5 Å². The summed E-state index contributed by atoms with van der Waals surface area (Å²) < 4.78 is 43.5. The van der Waals surface area contributed by atoms with Gasteiger partial charge in [0.2, 0.25) is 0 Å². The Morgan fingerprint density at radius 1 is 1.17 bits per heavy atom. The molecule has 0 bridgehead atoms. The van der Waals surface area contributed by atoms with Crippen LogP contribution < -0.4 is 14.8 Å². The summed E-state index contributed by atoms with van der Waals surface area (Å²) in [6, 6.07) is 5.07. The third kappa shape index (κ3) is 8.20. The highest BCUT2D eigenvalue weighted by atomic mass is 19.3. The van der Waals surface area contributed by atoms with E-state index < -0.39 is 18.8 Å². The van der Waals surface area contributed by atoms with E-state index in [4.69, 9.17) is 14.2 Å². The molecule has 1 aromatic carbocycles. The van der Waals surface area contributed by atoms with E-state index in [1.54, 1.807) is 13.1 Å². The maximum Gasteiger partial charge on any atom is 0.387 e. The Morgan fingerprint density at radius 3 is 2.49 bits per heavy atom. The number of rotatable bonds is 14. The molecule has 41 heavy (non-hydrogen) atoms. The van der Waals surface area contributed by atoms with Gasteiger partial charge in [0.05, 0.1) is 24.9 Å². The summed E-state index contributed by atoms with van der Waals surface area (Å²) in [5.74, 6) is -0.00856. The second-order valence-electron chi connectivity index (χ2n) is 10.4. The van der Waals surface area contributed by atoms with Crippen molar-refractivity contribution in [2.45, 2.75) is 90.6 Å². The number of nitrogens with one attached hydrogen (secondary N) is 1. The lowest BCUT2D eigenvalue weighted by Gasteiger charge is -2.32. The average molecular weight is 575 g/mol. The normalized spacial score (nSPS) is 20.1. The van der Waals surface area contributed by atoms with Crippen molar-refractivity contribution in [3.8, 4) is 17.6 Å². The van der Waals surface area contributed by atoms with Crippen molar-refractivity contribution in [1.82, 2.24) is 9.80 Å². The highest BCUT2D eigenvalue weighted by Crippen LogP contribution is 2.38. The molecule has 1 unspecified atom stereocenters. The lowest BCUT2D eigenvalue weighted by Crippen LogP contribution is -2.38. The monoisotopic (exact) mass is 574 g/mol. The van der Waals surface area contributed by atoms with E-state index in [-0.39, 0.29) is 24.3 Å². The van der Waals surface area contributed by atoms with Crippen LogP contribution in [-0.4, -0.2) is 74.4 Å². The van der Waals surface area contributed by atoms with Crippen LogP contribution in [0.1, 0.15) is 64.9 Å². The van der Waals surface area contributed by atoms with Gasteiger partial charge in [0, 0.05) is 36.4 Å². The average Bonchev–Trinajstić information content (AvgIpc) is 3.66. The van der Waals surface area contributed by atoms with Crippen molar-refractivity contribution in [2.75, 3.05) is 39.1 Å². The number of carbonyl (C=O) groups is 1. The van der Waals surface area contributed by atoms with Crippen molar-refractivity contribution in [2.24, 2.45) is 0 Å². The molecule has 0 saturated carbocycles. The topological polar surface area (TPSA) is 87.1 Å². The largest absolute Gasteiger partial charge is 0.484 e. The van der Waals surface area contributed by atoms with E-state index in [2.05, 4.69) is 35.4 Å². The number of alkyl halides is 2. The van der Waals surface area contributed by atoms with E-state index in [9.17, 15) is 18.8 Å². The minimum absolute atomic E-state index is 0.0137. The quantitative estimate of drug-likeness (QED) is 0.167. The number of hydrogen-bond donors (Lipinski definition) is 1. The van der Waals surface area contributed by atoms with E-state index in [1.165, 1.54) is 13.2 Å². The fraction of sp³-hybridized carbons (Fsp3) is 0.613. The highest BCUT2D eigenvalue weighted by Gasteiger charge is 2.33. The summed E-state index contributed by atoms with van der Waals surface area (Å²) in [7, 11) is 3.08. The fourth-order valence-electron chi connectivity index (χ4n) is 5.84. The number of halogens is 2. The number of anilines is 1. The van der Waals surface area contributed by atoms with Gasteiger partial charge in [0.1, 0.15) is 23.6 Å². The van der Waals surface area contributed by atoms with Crippen molar-refractivity contribution in [3.63, 3.8) is 0 Å². The summed E-state index contributed by atoms with van der Waals surface area (Å²) in [5.41, 5.74) is 2.64. The predicted octanol–water partition coefficient (Wildman–Crippen LogP) is 5.90. The molecule has 2 aliphatic heterocycles. The van der Waals surface area contributed by atoms with Crippen molar-refractivity contribution >= 4 is 11.7 Å². The van der Waals surface area contributed by atoms with Gasteiger partial charge in [0.15, 0.2) is 0 Å². The molecule has 2 saturated heterocycles. The molecule has 0 aliphatic carbocycles. The molecule has 1 aromatic rings. The van der Waals surface area contributed by atoms with Crippen molar-refractivity contribution in [3.05, 3.63) is 41.0 Å². The molecule has 0 aromatic heterocycles. The highest BCUT2D eigenvalue weighted by molar-refractivity contribution is 5.76. The second kappa shape index (κ2) is 15.7. The lowest BCUT2D eigenvalue weighted by molar-refractivity contribution is -0.146. The maximum atomic E-state index is 13.5. The number of nitriles is 1. The van der Waals surface area contributed by atoms with Crippen LogP contribution in [-0.2, 0) is 16.1 Å². The number of nitrogens with zero attached hydrogens (tertiary/aromatic N) is 3. The smallest absolute Gasteiger partial charge is 0.387 e. The van der Waals surface area contributed by atoms with Gasteiger partial charge in [-0.15, -0.1) is 0 Å². The van der Waals surface area contributed by atoms with Crippen LogP contribution in [0.25, 0.3) is 0 Å². The first-order valence-electron chi connectivity index (χ1n) is 14.6. The summed E-state index contributed by atoms with van der Waals surface area (Å²) in [5, 5.41) is 13.2. The van der Waals surface area contributed by atoms with Crippen LogP contribution in [0, 0.1) is 11.3 Å². The van der Waals surface area contributed by atoms with Crippen molar-refractivity contribution in [1.29, 1.82) is 5.26 Å². The molecule has 2 fully saturated rings. The minimum Gasteiger partial charge on any atom is -0.484 e. The molecule has 3 rings (SSSR count). The summed E-state index contributed by atoms with van der Waals surface area (Å²) in [6.07, 6.45) is 8.82. The third-order valence-corrected chi connectivity index (χ3v) is 7.84. The third-order valence-electron chi connectivity index (χ3n) is 7.84. The molecule has 226 valence electrons. The van der Waals surface area contributed by atoms with Gasteiger partial charge in [0.25, 0.3) is 0 Å². The zero-order valence-electron chi connectivity index (χ0n) is 24.9. The Labute approximate surface area is 242 Å². The van der Waals surface area contributed by atoms with Gasteiger partial charge in [-0.3, -0.25) is 14.6 Å². The molecule has 3 atom stereocenters. The maximum absolute atomic E-state index is 13.5. The number of allylic oxidation sites excluding steroid dienone is 2. The van der Waals surface area contributed by atoms with Gasteiger partial charge in [-0.1, -0.05) is 26.0 Å². The zero-order valence-corrected chi connectivity index (χ0v) is 24.9. The molecule has 8 nitrogen and oxygen atoms in total. The number of esters is 1. The minimum atomic E-state index is -3.03. The summed E-state index contributed by atoms with van der Waals surface area (Å²) in [6.45, 7) is 5.65. The van der Waals surface area contributed by atoms with E-state index in [0.717, 1.165) is 44.3 Å². The molecule has 10 heteroatoms. The number of carbonyl (C=O) groups excluding carboxylic acids is 1.